The lowest BCUT2D eigenvalue weighted by molar-refractivity contribution is 0.465. The molecule has 1 aromatic rings. The molecule has 0 spiro atoms. The molecule has 2 unspecified atom stereocenters. The molecule has 1 heterocycles. The zero-order valence-corrected chi connectivity index (χ0v) is 11.6. The van der Waals surface area contributed by atoms with Crippen LogP contribution in [-0.4, -0.2) is 14.6 Å². The summed E-state index contributed by atoms with van der Waals surface area (Å²) in [7, 11) is 0. The largest absolute Gasteiger partial charge is 0.264 e. The first-order chi connectivity index (χ1) is 6.61. The molecule has 0 N–H and O–H groups in total. The lowest BCUT2D eigenvalue weighted by atomic mass is 10.2. The van der Waals surface area contributed by atoms with Gasteiger partial charge in [-0.3, -0.25) is 4.68 Å². The topological polar surface area (TPSA) is 17.8 Å². The quantitative estimate of drug-likeness (QED) is 0.720. The van der Waals surface area contributed by atoms with Crippen molar-refractivity contribution in [1.29, 1.82) is 0 Å². The van der Waals surface area contributed by atoms with E-state index in [1.54, 1.807) is 0 Å². The number of halogens is 2. The number of rotatable bonds is 1. The third-order valence-corrected chi connectivity index (χ3v) is 5.16. The molecule has 1 aromatic heterocycles. The van der Waals surface area contributed by atoms with Crippen LogP contribution in [0.5, 0.6) is 0 Å². The SMILES string of the molecule is Cc1nn(C2CCCC2Br)c(C)c1Br. The Hall–Kier alpha value is 0.170. The Bertz CT molecular complexity index is 346. The van der Waals surface area contributed by atoms with Gasteiger partial charge in [0.2, 0.25) is 0 Å². The third-order valence-electron chi connectivity index (χ3n) is 2.95. The predicted octanol–water partition coefficient (Wildman–Crippen LogP) is 3.75. The molecule has 0 radical (unpaired) electrons. The second kappa shape index (κ2) is 3.97. The highest BCUT2D eigenvalue weighted by Crippen LogP contribution is 2.37. The zero-order valence-electron chi connectivity index (χ0n) is 8.43. The number of aryl methyl sites for hydroxylation is 1. The molecule has 0 bridgehead atoms. The smallest absolute Gasteiger partial charge is 0.0738 e. The first-order valence-electron chi connectivity index (χ1n) is 4.96. The lowest BCUT2D eigenvalue weighted by Gasteiger charge is -2.16. The first kappa shape index (κ1) is 10.7. The van der Waals surface area contributed by atoms with Crippen molar-refractivity contribution in [2.24, 2.45) is 0 Å². The minimum absolute atomic E-state index is 0.542. The maximum absolute atomic E-state index is 4.58. The molecule has 1 saturated carbocycles. The van der Waals surface area contributed by atoms with Crippen molar-refractivity contribution in [2.75, 3.05) is 0 Å². The van der Waals surface area contributed by atoms with Gasteiger partial charge in [-0.1, -0.05) is 22.4 Å². The van der Waals surface area contributed by atoms with E-state index in [2.05, 4.69) is 48.6 Å². The number of hydrogen-bond donors (Lipinski definition) is 0. The van der Waals surface area contributed by atoms with Crippen molar-refractivity contribution < 1.29 is 0 Å². The van der Waals surface area contributed by atoms with Crippen molar-refractivity contribution in [3.05, 3.63) is 15.9 Å². The van der Waals surface area contributed by atoms with Crippen LogP contribution >= 0.6 is 31.9 Å². The number of hydrogen-bond acceptors (Lipinski definition) is 1. The van der Waals surface area contributed by atoms with E-state index in [-0.39, 0.29) is 0 Å². The van der Waals surface area contributed by atoms with E-state index in [0.717, 1.165) is 10.2 Å². The van der Waals surface area contributed by atoms with Crippen LogP contribution in [0.3, 0.4) is 0 Å². The van der Waals surface area contributed by atoms with E-state index in [1.807, 2.05) is 6.92 Å². The second-order valence-corrected chi connectivity index (χ2v) is 5.91. The molecular weight excluding hydrogens is 308 g/mol. The average molecular weight is 322 g/mol. The van der Waals surface area contributed by atoms with Gasteiger partial charge in [-0.2, -0.15) is 5.10 Å². The molecule has 0 saturated heterocycles. The van der Waals surface area contributed by atoms with Crippen molar-refractivity contribution in [3.8, 4) is 0 Å². The van der Waals surface area contributed by atoms with Gasteiger partial charge >= 0.3 is 0 Å². The molecule has 2 nitrogen and oxygen atoms in total. The lowest BCUT2D eigenvalue weighted by Crippen LogP contribution is -2.16. The van der Waals surface area contributed by atoms with Crippen LogP contribution in [0, 0.1) is 13.8 Å². The molecule has 0 amide bonds. The maximum atomic E-state index is 4.58. The normalized spacial score (nSPS) is 27.1. The molecule has 1 aliphatic rings. The maximum Gasteiger partial charge on any atom is 0.0738 e. The highest BCUT2D eigenvalue weighted by Gasteiger charge is 2.28. The highest BCUT2D eigenvalue weighted by atomic mass is 79.9. The van der Waals surface area contributed by atoms with E-state index in [9.17, 15) is 0 Å². The molecule has 4 heteroatoms. The third kappa shape index (κ3) is 1.67. The number of nitrogens with zero attached hydrogens (tertiary/aromatic N) is 2. The van der Waals surface area contributed by atoms with Gasteiger partial charge in [0.05, 0.1) is 21.9 Å². The predicted molar refractivity (Wildman–Crippen MR) is 65.0 cm³/mol. The molecule has 78 valence electrons. The highest BCUT2D eigenvalue weighted by molar-refractivity contribution is 9.10. The van der Waals surface area contributed by atoms with Gasteiger partial charge in [0, 0.05) is 4.83 Å². The van der Waals surface area contributed by atoms with Crippen molar-refractivity contribution >= 4 is 31.9 Å². The Kier molecular flexibility index (Phi) is 3.03. The molecular formula is C10H14Br2N2. The van der Waals surface area contributed by atoms with Crippen molar-refractivity contribution in [1.82, 2.24) is 9.78 Å². The fourth-order valence-electron chi connectivity index (χ4n) is 2.14. The minimum atomic E-state index is 0.542. The van der Waals surface area contributed by atoms with Gasteiger partial charge in [0.1, 0.15) is 0 Å². The van der Waals surface area contributed by atoms with Gasteiger partial charge in [0.25, 0.3) is 0 Å². The van der Waals surface area contributed by atoms with E-state index < -0.39 is 0 Å². The van der Waals surface area contributed by atoms with Gasteiger partial charge in [-0.05, 0) is 42.6 Å². The summed E-state index contributed by atoms with van der Waals surface area (Å²) >= 11 is 7.30. The van der Waals surface area contributed by atoms with Crippen LogP contribution in [0.2, 0.25) is 0 Å². The van der Waals surface area contributed by atoms with Gasteiger partial charge in [-0.15, -0.1) is 0 Å². The van der Waals surface area contributed by atoms with E-state index in [1.165, 1.54) is 25.0 Å². The van der Waals surface area contributed by atoms with E-state index >= 15 is 0 Å². The Labute approximate surface area is 101 Å². The molecule has 0 aromatic carbocycles. The van der Waals surface area contributed by atoms with Gasteiger partial charge < -0.3 is 0 Å². The zero-order chi connectivity index (χ0) is 10.3. The van der Waals surface area contributed by atoms with Crippen LogP contribution in [0.1, 0.15) is 36.7 Å². The molecule has 14 heavy (non-hydrogen) atoms. The number of aromatic nitrogens is 2. The van der Waals surface area contributed by atoms with Crippen molar-refractivity contribution in [2.45, 2.75) is 44.0 Å². The molecule has 0 aliphatic heterocycles. The Morgan fingerprint density at radius 2 is 2.07 bits per heavy atom. The van der Waals surface area contributed by atoms with Crippen LogP contribution in [-0.2, 0) is 0 Å². The van der Waals surface area contributed by atoms with Crippen LogP contribution in [0.4, 0.5) is 0 Å². The van der Waals surface area contributed by atoms with Gasteiger partial charge in [0.15, 0.2) is 0 Å². The summed E-state index contributed by atoms with van der Waals surface area (Å²) in [5.74, 6) is 0. The molecule has 2 rings (SSSR count). The van der Waals surface area contributed by atoms with Crippen LogP contribution in [0.25, 0.3) is 0 Å². The fraction of sp³-hybridized carbons (Fsp3) is 0.700. The molecule has 1 fully saturated rings. The van der Waals surface area contributed by atoms with E-state index in [0.29, 0.717) is 10.9 Å². The average Bonchev–Trinajstić information content (AvgIpc) is 2.66. The Morgan fingerprint density at radius 1 is 1.36 bits per heavy atom. The minimum Gasteiger partial charge on any atom is -0.264 e. The van der Waals surface area contributed by atoms with Crippen molar-refractivity contribution in [3.63, 3.8) is 0 Å². The summed E-state index contributed by atoms with van der Waals surface area (Å²) in [6.07, 6.45) is 3.81. The second-order valence-electron chi connectivity index (χ2n) is 3.94. The summed E-state index contributed by atoms with van der Waals surface area (Å²) < 4.78 is 3.33. The monoisotopic (exact) mass is 320 g/mol. The summed E-state index contributed by atoms with van der Waals surface area (Å²) in [4.78, 5) is 0.590. The molecule has 2 atom stereocenters. The summed E-state index contributed by atoms with van der Waals surface area (Å²) in [6, 6.07) is 0.542. The van der Waals surface area contributed by atoms with Crippen LogP contribution in [0.15, 0.2) is 4.47 Å². The number of alkyl halides is 1. The van der Waals surface area contributed by atoms with E-state index in [4.69, 9.17) is 0 Å². The summed E-state index contributed by atoms with van der Waals surface area (Å²) in [6.45, 7) is 4.17. The fourth-order valence-corrected chi connectivity index (χ4v) is 3.21. The summed E-state index contributed by atoms with van der Waals surface area (Å²) in [5, 5.41) is 4.58. The molecule has 1 aliphatic carbocycles. The van der Waals surface area contributed by atoms with Gasteiger partial charge in [-0.25, -0.2) is 0 Å². The Balaban J connectivity index is 2.36. The Morgan fingerprint density at radius 3 is 2.50 bits per heavy atom. The van der Waals surface area contributed by atoms with Crippen LogP contribution < -0.4 is 0 Å². The summed E-state index contributed by atoms with van der Waals surface area (Å²) in [5.41, 5.74) is 2.34. The standard InChI is InChI=1S/C10H14Br2N2/c1-6-10(12)7(2)14(13-6)9-5-3-4-8(9)11/h8-9H,3-5H2,1-2H3. The first-order valence-corrected chi connectivity index (χ1v) is 6.67.